The van der Waals surface area contributed by atoms with E-state index in [0.29, 0.717) is 30.3 Å². The highest BCUT2D eigenvalue weighted by molar-refractivity contribution is 5.95. The molecule has 33 heavy (non-hydrogen) atoms. The second-order valence-corrected chi connectivity index (χ2v) is 7.76. The van der Waals surface area contributed by atoms with Crippen molar-refractivity contribution in [3.05, 3.63) is 89.5 Å². The molecule has 168 valence electrons. The quantitative estimate of drug-likeness (QED) is 0.469. The Hall–Kier alpha value is -4.20. The molecule has 0 spiro atoms. The van der Waals surface area contributed by atoms with Crippen LogP contribution in [-0.2, 0) is 17.4 Å². The number of imidazole rings is 1. The van der Waals surface area contributed by atoms with Gasteiger partial charge in [-0.3, -0.25) is 14.6 Å². The standard InChI is InChI=1S/C24H22N4O2.CH2O2/c1-16-9-11-17(12-10-16)24(13-15-30-20-8-5-14-25-21(20)24)27-23(29)22-26-18-6-3-4-7-19(18)28(22)2;2-1-3/h3-12,14H,13,15H2,1-2H3,(H,27,29);1H,(H,2,3)/t24-;/m0./s1. The summed E-state index contributed by atoms with van der Waals surface area (Å²) in [4.78, 5) is 31.0. The Labute approximate surface area is 190 Å². The maximum atomic E-state index is 13.5. The van der Waals surface area contributed by atoms with Gasteiger partial charge in [0.1, 0.15) is 17.0 Å². The van der Waals surface area contributed by atoms with E-state index < -0.39 is 5.54 Å². The fraction of sp³-hybridized carbons (Fsp3) is 0.200. The lowest BCUT2D eigenvalue weighted by atomic mass is 9.81. The molecule has 0 aliphatic carbocycles. The molecule has 1 aliphatic heterocycles. The van der Waals surface area contributed by atoms with Crippen molar-refractivity contribution in [3.8, 4) is 5.75 Å². The molecule has 1 amide bonds. The van der Waals surface area contributed by atoms with Crippen molar-refractivity contribution in [2.24, 2.45) is 7.05 Å². The minimum Gasteiger partial charge on any atom is -0.491 e. The van der Waals surface area contributed by atoms with Gasteiger partial charge in [-0.1, -0.05) is 42.0 Å². The number of ether oxygens (including phenoxy) is 1. The van der Waals surface area contributed by atoms with Crippen LogP contribution in [0.1, 0.15) is 33.9 Å². The normalized spacial score (nSPS) is 16.7. The van der Waals surface area contributed by atoms with Gasteiger partial charge in [0, 0.05) is 19.7 Å². The zero-order chi connectivity index (χ0) is 23.4. The molecule has 0 bridgehead atoms. The van der Waals surface area contributed by atoms with Crippen LogP contribution < -0.4 is 10.1 Å². The zero-order valence-corrected chi connectivity index (χ0v) is 18.4. The Morgan fingerprint density at radius 1 is 1.15 bits per heavy atom. The number of aryl methyl sites for hydroxylation is 2. The summed E-state index contributed by atoms with van der Waals surface area (Å²) >= 11 is 0. The lowest BCUT2D eigenvalue weighted by Crippen LogP contribution is -2.50. The van der Waals surface area contributed by atoms with Gasteiger partial charge in [-0.05, 0) is 36.8 Å². The van der Waals surface area contributed by atoms with Crippen LogP contribution in [0.4, 0.5) is 0 Å². The first-order chi connectivity index (χ1) is 16.0. The number of hydrogen-bond acceptors (Lipinski definition) is 5. The number of pyridine rings is 1. The molecule has 0 fully saturated rings. The number of carboxylic acid groups (broad SMARTS) is 1. The van der Waals surface area contributed by atoms with Crippen molar-refractivity contribution < 1.29 is 19.4 Å². The van der Waals surface area contributed by atoms with E-state index in [9.17, 15) is 4.79 Å². The first kappa shape index (κ1) is 22.0. The molecule has 2 aromatic carbocycles. The third-order valence-corrected chi connectivity index (χ3v) is 5.77. The number of para-hydroxylation sites is 2. The van der Waals surface area contributed by atoms with Gasteiger partial charge in [-0.15, -0.1) is 0 Å². The van der Waals surface area contributed by atoms with E-state index in [1.165, 1.54) is 0 Å². The Balaban J connectivity index is 0.000000821. The largest absolute Gasteiger partial charge is 0.491 e. The molecule has 1 atom stereocenters. The van der Waals surface area contributed by atoms with Gasteiger partial charge in [0.15, 0.2) is 5.82 Å². The van der Waals surface area contributed by atoms with Crippen molar-refractivity contribution in [1.29, 1.82) is 0 Å². The van der Waals surface area contributed by atoms with Gasteiger partial charge in [-0.25, -0.2) is 4.98 Å². The van der Waals surface area contributed by atoms with E-state index in [-0.39, 0.29) is 12.4 Å². The number of aromatic nitrogens is 3. The third kappa shape index (κ3) is 4.03. The van der Waals surface area contributed by atoms with Gasteiger partial charge < -0.3 is 19.7 Å². The average Bonchev–Trinajstić information content (AvgIpc) is 3.17. The van der Waals surface area contributed by atoms with Crippen LogP contribution in [0, 0.1) is 6.92 Å². The van der Waals surface area contributed by atoms with Gasteiger partial charge >= 0.3 is 0 Å². The number of carbonyl (C=O) groups excluding carboxylic acids is 1. The first-order valence-corrected chi connectivity index (χ1v) is 10.5. The molecule has 5 rings (SSSR count). The zero-order valence-electron chi connectivity index (χ0n) is 18.4. The van der Waals surface area contributed by atoms with Crippen LogP contribution >= 0.6 is 0 Å². The predicted molar refractivity (Wildman–Crippen MR) is 123 cm³/mol. The van der Waals surface area contributed by atoms with Gasteiger partial charge in [-0.2, -0.15) is 0 Å². The lowest BCUT2D eigenvalue weighted by Gasteiger charge is -2.38. The summed E-state index contributed by atoms with van der Waals surface area (Å²) in [5.41, 5.74) is 3.76. The SMILES string of the molecule is Cc1ccc([C@@]2(NC(=O)c3nc4ccccc4n3C)CCOc3cccnc32)cc1.O=CO. The van der Waals surface area contributed by atoms with E-state index >= 15 is 0 Å². The molecule has 2 N–H and O–H groups in total. The first-order valence-electron chi connectivity index (χ1n) is 10.5. The van der Waals surface area contributed by atoms with Crippen LogP contribution in [0.2, 0.25) is 0 Å². The van der Waals surface area contributed by atoms with Crippen molar-refractivity contribution in [3.63, 3.8) is 0 Å². The van der Waals surface area contributed by atoms with E-state index in [0.717, 1.165) is 22.2 Å². The summed E-state index contributed by atoms with van der Waals surface area (Å²) in [5, 5.41) is 10.2. The number of fused-ring (bicyclic) bond motifs is 2. The summed E-state index contributed by atoms with van der Waals surface area (Å²) in [6.45, 7) is 2.28. The molecule has 8 heteroatoms. The van der Waals surface area contributed by atoms with Crippen LogP contribution in [0.25, 0.3) is 11.0 Å². The minimum absolute atomic E-state index is 0.243. The number of nitrogens with one attached hydrogen (secondary N) is 1. The molecule has 0 saturated carbocycles. The molecule has 8 nitrogen and oxygen atoms in total. The summed E-state index contributed by atoms with van der Waals surface area (Å²) in [5.74, 6) is 0.814. The van der Waals surface area contributed by atoms with E-state index in [2.05, 4.69) is 27.4 Å². The van der Waals surface area contributed by atoms with E-state index in [1.54, 1.807) is 6.20 Å². The maximum Gasteiger partial charge on any atom is 0.290 e. The monoisotopic (exact) mass is 444 g/mol. The molecule has 0 radical (unpaired) electrons. The highest BCUT2D eigenvalue weighted by atomic mass is 16.5. The average molecular weight is 444 g/mol. The Kier molecular flexibility index (Phi) is 6.08. The van der Waals surface area contributed by atoms with Crippen molar-refractivity contribution in [2.45, 2.75) is 18.9 Å². The van der Waals surface area contributed by atoms with Crippen molar-refractivity contribution in [1.82, 2.24) is 19.9 Å². The summed E-state index contributed by atoms with van der Waals surface area (Å²) in [7, 11) is 1.86. The topological polar surface area (TPSA) is 106 Å². The molecule has 4 aromatic rings. The summed E-state index contributed by atoms with van der Waals surface area (Å²) in [6, 6.07) is 19.7. The van der Waals surface area contributed by atoms with Crippen molar-refractivity contribution in [2.75, 3.05) is 6.61 Å². The van der Waals surface area contributed by atoms with Crippen LogP contribution in [0.3, 0.4) is 0 Å². The number of nitrogens with zero attached hydrogens (tertiary/aromatic N) is 3. The van der Waals surface area contributed by atoms with E-state index in [1.807, 2.05) is 67.1 Å². The van der Waals surface area contributed by atoms with Gasteiger partial charge in [0.2, 0.25) is 0 Å². The van der Waals surface area contributed by atoms with Gasteiger partial charge in [0.05, 0.1) is 17.6 Å². The molecule has 3 heterocycles. The summed E-state index contributed by atoms with van der Waals surface area (Å²) in [6.07, 6.45) is 2.31. The predicted octanol–water partition coefficient (Wildman–Crippen LogP) is 3.43. The fourth-order valence-corrected chi connectivity index (χ4v) is 4.17. The number of rotatable bonds is 3. The number of amides is 1. The molecule has 0 saturated heterocycles. The molecular formula is C25H24N4O4. The molecular weight excluding hydrogens is 420 g/mol. The van der Waals surface area contributed by atoms with Crippen molar-refractivity contribution >= 4 is 23.4 Å². The molecule has 0 unspecified atom stereocenters. The molecule has 1 aliphatic rings. The Morgan fingerprint density at radius 3 is 2.61 bits per heavy atom. The second kappa shape index (κ2) is 9.12. The van der Waals surface area contributed by atoms with Crippen LogP contribution in [-0.4, -0.2) is 38.6 Å². The number of benzene rings is 2. The highest BCUT2D eigenvalue weighted by Crippen LogP contribution is 2.40. The highest BCUT2D eigenvalue weighted by Gasteiger charge is 2.43. The minimum atomic E-state index is -0.794. The van der Waals surface area contributed by atoms with Gasteiger partial charge in [0.25, 0.3) is 12.4 Å². The Morgan fingerprint density at radius 2 is 1.88 bits per heavy atom. The Bertz CT molecular complexity index is 1300. The van der Waals surface area contributed by atoms with E-state index in [4.69, 9.17) is 14.6 Å². The number of carbonyl (C=O) groups is 2. The van der Waals surface area contributed by atoms with Crippen LogP contribution in [0.15, 0.2) is 66.9 Å². The maximum absolute atomic E-state index is 13.5. The lowest BCUT2D eigenvalue weighted by molar-refractivity contribution is -0.122. The number of hydrogen-bond donors (Lipinski definition) is 2. The smallest absolute Gasteiger partial charge is 0.290 e. The third-order valence-electron chi connectivity index (χ3n) is 5.77. The fourth-order valence-electron chi connectivity index (χ4n) is 4.17. The van der Waals surface area contributed by atoms with Crippen LogP contribution in [0.5, 0.6) is 5.75 Å². The summed E-state index contributed by atoms with van der Waals surface area (Å²) < 4.78 is 7.67. The second-order valence-electron chi connectivity index (χ2n) is 7.76. The molecule has 2 aromatic heterocycles.